The van der Waals surface area contributed by atoms with E-state index < -0.39 is 11.7 Å². The van der Waals surface area contributed by atoms with Crippen molar-refractivity contribution in [1.29, 1.82) is 0 Å². The lowest BCUT2D eigenvalue weighted by molar-refractivity contribution is -0.137. The minimum Gasteiger partial charge on any atom is -0.508 e. The smallest absolute Gasteiger partial charge is 0.416 e. The van der Waals surface area contributed by atoms with Crippen LogP contribution in [0, 0.1) is 0 Å². The van der Waals surface area contributed by atoms with Gasteiger partial charge in [-0.2, -0.15) is 18.3 Å². The first-order valence-electron chi connectivity index (χ1n) is 6.60. The van der Waals surface area contributed by atoms with E-state index in [0.717, 1.165) is 12.1 Å². The average molecular weight is 320 g/mol. The van der Waals surface area contributed by atoms with Crippen molar-refractivity contribution >= 4 is 0 Å². The fourth-order valence-corrected chi connectivity index (χ4v) is 2.24. The van der Waals surface area contributed by atoms with E-state index in [0.29, 0.717) is 16.9 Å². The summed E-state index contributed by atoms with van der Waals surface area (Å²) < 4.78 is 39.3. The minimum absolute atomic E-state index is 0.0909. The molecule has 1 heterocycles. The zero-order valence-electron chi connectivity index (χ0n) is 11.6. The van der Waals surface area contributed by atoms with Crippen molar-refractivity contribution in [1.82, 2.24) is 9.78 Å². The lowest BCUT2D eigenvalue weighted by atomic mass is 10.1. The Bertz CT molecular complexity index is 839. The van der Waals surface area contributed by atoms with E-state index in [9.17, 15) is 23.4 Å². The van der Waals surface area contributed by atoms with Crippen molar-refractivity contribution in [2.24, 2.45) is 0 Å². The second-order valence-electron chi connectivity index (χ2n) is 4.87. The van der Waals surface area contributed by atoms with Crippen LogP contribution in [0.25, 0.3) is 16.9 Å². The molecular weight excluding hydrogens is 309 g/mol. The highest BCUT2D eigenvalue weighted by Crippen LogP contribution is 2.34. The molecule has 0 bridgehead atoms. The van der Waals surface area contributed by atoms with Crippen LogP contribution in [0.15, 0.2) is 54.7 Å². The van der Waals surface area contributed by atoms with Gasteiger partial charge in [-0.05, 0) is 42.5 Å². The van der Waals surface area contributed by atoms with Crippen molar-refractivity contribution in [3.05, 3.63) is 60.3 Å². The van der Waals surface area contributed by atoms with E-state index in [1.165, 1.54) is 41.2 Å². The average Bonchev–Trinajstić information content (AvgIpc) is 2.95. The Hall–Kier alpha value is -2.96. The summed E-state index contributed by atoms with van der Waals surface area (Å²) in [6, 6.07) is 10.2. The normalized spacial score (nSPS) is 11.6. The minimum atomic E-state index is -4.40. The largest absolute Gasteiger partial charge is 0.508 e. The Kier molecular flexibility index (Phi) is 3.48. The zero-order chi connectivity index (χ0) is 16.6. The van der Waals surface area contributed by atoms with Crippen LogP contribution < -0.4 is 0 Å². The fraction of sp³-hybridized carbons (Fsp3) is 0.0625. The summed E-state index contributed by atoms with van der Waals surface area (Å²) in [6.07, 6.45) is -2.93. The van der Waals surface area contributed by atoms with Crippen LogP contribution in [-0.2, 0) is 6.18 Å². The highest BCUT2D eigenvalue weighted by atomic mass is 19.4. The van der Waals surface area contributed by atoms with Gasteiger partial charge in [0, 0.05) is 11.6 Å². The van der Waals surface area contributed by atoms with E-state index in [-0.39, 0.29) is 11.5 Å². The number of halogens is 3. The molecule has 0 aliphatic heterocycles. The van der Waals surface area contributed by atoms with Crippen molar-refractivity contribution in [2.45, 2.75) is 6.18 Å². The topological polar surface area (TPSA) is 58.3 Å². The number of hydrogen-bond donors (Lipinski definition) is 2. The van der Waals surface area contributed by atoms with Crippen molar-refractivity contribution in [3.63, 3.8) is 0 Å². The molecule has 2 N–H and O–H groups in total. The predicted octanol–water partition coefficient (Wildman–Crippen LogP) is 3.97. The van der Waals surface area contributed by atoms with Gasteiger partial charge in [0.1, 0.15) is 11.5 Å². The van der Waals surface area contributed by atoms with E-state index in [1.807, 2.05) is 0 Å². The zero-order valence-corrected chi connectivity index (χ0v) is 11.6. The third-order valence-corrected chi connectivity index (χ3v) is 3.34. The van der Waals surface area contributed by atoms with Gasteiger partial charge in [0.15, 0.2) is 0 Å². The highest BCUT2D eigenvalue weighted by Gasteiger charge is 2.30. The predicted molar refractivity (Wildman–Crippen MR) is 77.3 cm³/mol. The molecule has 0 saturated carbocycles. The Morgan fingerprint density at radius 3 is 2.22 bits per heavy atom. The Balaban J connectivity index is 2.04. The van der Waals surface area contributed by atoms with Gasteiger partial charge < -0.3 is 10.2 Å². The monoisotopic (exact) mass is 320 g/mol. The molecule has 2 aromatic carbocycles. The number of aromatic nitrogens is 2. The van der Waals surface area contributed by atoms with Crippen LogP contribution in [0.4, 0.5) is 13.2 Å². The number of hydrogen-bond acceptors (Lipinski definition) is 3. The van der Waals surface area contributed by atoms with Gasteiger partial charge in [-0.25, -0.2) is 4.68 Å². The van der Waals surface area contributed by atoms with Crippen LogP contribution >= 0.6 is 0 Å². The van der Waals surface area contributed by atoms with Crippen molar-refractivity contribution < 1.29 is 23.4 Å². The van der Waals surface area contributed by atoms with Crippen LogP contribution in [0.1, 0.15) is 5.56 Å². The van der Waals surface area contributed by atoms with Crippen LogP contribution in [0.3, 0.4) is 0 Å². The maximum atomic E-state index is 12.6. The van der Waals surface area contributed by atoms with Crippen LogP contribution in [0.2, 0.25) is 0 Å². The molecule has 0 saturated heterocycles. The Morgan fingerprint density at radius 2 is 1.61 bits per heavy atom. The molecule has 7 heteroatoms. The number of nitrogens with zero attached hydrogens (tertiary/aromatic N) is 2. The molecule has 3 aromatic rings. The molecule has 4 nitrogen and oxygen atoms in total. The standard InChI is InChI=1S/C16H11F3N2O2/c17-16(18,19)10-1-3-11(4-2-10)21-14(7-8-20-21)13-6-5-12(22)9-15(13)23/h1-9,22-23H. The number of aromatic hydroxyl groups is 2. The molecule has 0 radical (unpaired) electrons. The summed E-state index contributed by atoms with van der Waals surface area (Å²) in [4.78, 5) is 0. The van der Waals surface area contributed by atoms with Crippen LogP contribution in [0.5, 0.6) is 11.5 Å². The van der Waals surface area contributed by atoms with E-state index in [2.05, 4.69) is 5.10 Å². The Labute approximate surface area is 129 Å². The van der Waals surface area contributed by atoms with Gasteiger partial charge in [0.2, 0.25) is 0 Å². The molecule has 0 fully saturated rings. The third kappa shape index (κ3) is 2.85. The summed E-state index contributed by atoms with van der Waals surface area (Å²) >= 11 is 0. The van der Waals surface area contributed by atoms with Crippen LogP contribution in [-0.4, -0.2) is 20.0 Å². The van der Waals surface area contributed by atoms with Gasteiger partial charge in [-0.1, -0.05) is 0 Å². The summed E-state index contributed by atoms with van der Waals surface area (Å²) in [5.41, 5.74) is 0.565. The third-order valence-electron chi connectivity index (χ3n) is 3.34. The summed E-state index contributed by atoms with van der Waals surface area (Å²) in [6.45, 7) is 0. The number of phenols is 2. The fourth-order valence-electron chi connectivity index (χ4n) is 2.24. The first kappa shape index (κ1) is 15.0. The van der Waals surface area contributed by atoms with Gasteiger partial charge in [0.25, 0.3) is 0 Å². The van der Waals surface area contributed by atoms with E-state index in [1.54, 1.807) is 6.07 Å². The van der Waals surface area contributed by atoms with E-state index in [4.69, 9.17) is 0 Å². The molecule has 3 rings (SSSR count). The second-order valence-corrected chi connectivity index (χ2v) is 4.87. The summed E-state index contributed by atoms with van der Waals surface area (Å²) in [5, 5.41) is 23.4. The Morgan fingerprint density at radius 1 is 0.913 bits per heavy atom. The molecule has 1 aromatic heterocycles. The van der Waals surface area contributed by atoms with Gasteiger partial charge >= 0.3 is 6.18 Å². The molecule has 0 aliphatic rings. The van der Waals surface area contributed by atoms with Gasteiger partial charge in [-0.15, -0.1) is 0 Å². The molecule has 118 valence electrons. The summed E-state index contributed by atoms with van der Waals surface area (Å²) in [5.74, 6) is -0.245. The number of benzene rings is 2. The molecule has 0 amide bonds. The lowest BCUT2D eigenvalue weighted by Gasteiger charge is -2.11. The molecular formula is C16H11F3N2O2. The quantitative estimate of drug-likeness (QED) is 0.751. The van der Waals surface area contributed by atoms with Crippen molar-refractivity contribution in [3.8, 4) is 28.4 Å². The highest BCUT2D eigenvalue weighted by molar-refractivity contribution is 5.69. The SMILES string of the molecule is Oc1ccc(-c2ccnn2-c2ccc(C(F)(F)F)cc2)c(O)c1. The first-order chi connectivity index (χ1) is 10.9. The molecule has 0 aliphatic carbocycles. The number of rotatable bonds is 2. The maximum Gasteiger partial charge on any atom is 0.416 e. The van der Waals surface area contributed by atoms with Gasteiger partial charge in [0.05, 0.1) is 23.1 Å². The lowest BCUT2D eigenvalue weighted by Crippen LogP contribution is -2.05. The summed E-state index contributed by atoms with van der Waals surface area (Å²) in [7, 11) is 0. The molecule has 0 spiro atoms. The second kappa shape index (κ2) is 5.35. The maximum absolute atomic E-state index is 12.6. The van der Waals surface area contributed by atoms with Crippen molar-refractivity contribution in [2.75, 3.05) is 0 Å². The molecule has 0 unspecified atom stereocenters. The number of phenolic OH excluding ortho intramolecular Hbond substituents is 2. The first-order valence-corrected chi connectivity index (χ1v) is 6.60. The molecule has 23 heavy (non-hydrogen) atoms. The number of alkyl halides is 3. The van der Waals surface area contributed by atoms with E-state index >= 15 is 0 Å². The molecule has 0 atom stereocenters. The van der Waals surface area contributed by atoms with Gasteiger partial charge in [-0.3, -0.25) is 0 Å².